The van der Waals surface area contributed by atoms with Crippen molar-refractivity contribution in [2.45, 2.75) is 33.1 Å². The van der Waals surface area contributed by atoms with Crippen molar-refractivity contribution in [2.24, 2.45) is 5.92 Å². The normalized spacial score (nSPS) is 13.7. The van der Waals surface area contributed by atoms with Crippen LogP contribution < -0.4 is 10.1 Å². The number of halogens is 1. The van der Waals surface area contributed by atoms with Gasteiger partial charge in [-0.3, -0.25) is 19.8 Å². The first-order valence-electron chi connectivity index (χ1n) is 15.8. The summed E-state index contributed by atoms with van der Waals surface area (Å²) in [5, 5.41) is 12.3. The smallest absolute Gasteiger partial charge is 0.224 e. The predicted octanol–water partition coefficient (Wildman–Crippen LogP) is 7.43. The molecule has 4 aromatic heterocycles. The Hall–Kier alpha value is -5.09. The van der Waals surface area contributed by atoms with Crippen LogP contribution >= 0.6 is 0 Å². The molecule has 6 aromatic rings. The SMILES string of the molecule is CC(C)CC(=O)Nc1cncc(-c2cnc3n[nH]c(-c4cc5c(-c6cc(F)cc(OCCN7CCCC7)c6)cccc5[nH]4)c3c2)c1. The average molecular weight is 618 g/mol. The van der Waals surface area contributed by atoms with Crippen LogP contribution in [0.4, 0.5) is 10.1 Å². The number of pyridine rings is 2. The van der Waals surface area contributed by atoms with Gasteiger partial charge in [0.25, 0.3) is 0 Å². The van der Waals surface area contributed by atoms with E-state index in [1.54, 1.807) is 24.7 Å². The quantitative estimate of drug-likeness (QED) is 0.147. The Labute approximate surface area is 266 Å². The summed E-state index contributed by atoms with van der Waals surface area (Å²) in [4.78, 5) is 27.2. The number of hydrogen-bond acceptors (Lipinski definition) is 6. The third-order valence-electron chi connectivity index (χ3n) is 8.35. The molecule has 234 valence electrons. The second kappa shape index (κ2) is 12.7. The Bertz CT molecular complexity index is 2030. The van der Waals surface area contributed by atoms with Gasteiger partial charge in [0.1, 0.15) is 18.2 Å². The maximum atomic E-state index is 14.8. The molecule has 10 heteroatoms. The molecule has 5 heterocycles. The molecule has 0 atom stereocenters. The van der Waals surface area contributed by atoms with E-state index in [9.17, 15) is 9.18 Å². The number of amides is 1. The molecule has 2 aromatic carbocycles. The number of rotatable bonds is 10. The molecule has 0 saturated carbocycles. The lowest BCUT2D eigenvalue weighted by atomic mass is 10.0. The van der Waals surface area contributed by atoms with Crippen LogP contribution in [0.2, 0.25) is 0 Å². The van der Waals surface area contributed by atoms with Crippen LogP contribution in [-0.4, -0.2) is 62.2 Å². The highest BCUT2D eigenvalue weighted by Gasteiger charge is 2.17. The largest absolute Gasteiger partial charge is 0.492 e. The highest BCUT2D eigenvalue weighted by Crippen LogP contribution is 2.36. The van der Waals surface area contributed by atoms with Crippen LogP contribution in [0, 0.1) is 11.7 Å². The van der Waals surface area contributed by atoms with Gasteiger partial charge in [-0.2, -0.15) is 5.10 Å². The number of fused-ring (bicyclic) bond motifs is 2. The molecule has 1 fully saturated rings. The van der Waals surface area contributed by atoms with Crippen molar-refractivity contribution in [1.82, 2.24) is 30.0 Å². The van der Waals surface area contributed by atoms with Crippen LogP contribution in [0.5, 0.6) is 5.75 Å². The third kappa shape index (κ3) is 6.34. The maximum absolute atomic E-state index is 14.8. The third-order valence-corrected chi connectivity index (χ3v) is 8.35. The summed E-state index contributed by atoms with van der Waals surface area (Å²) < 4.78 is 20.8. The van der Waals surface area contributed by atoms with Crippen molar-refractivity contribution < 1.29 is 13.9 Å². The van der Waals surface area contributed by atoms with Crippen molar-refractivity contribution in [3.8, 4) is 39.4 Å². The van der Waals surface area contributed by atoms with Gasteiger partial charge < -0.3 is 15.0 Å². The van der Waals surface area contributed by atoms with E-state index in [4.69, 9.17) is 4.74 Å². The number of nitrogens with zero attached hydrogens (tertiary/aromatic N) is 4. The fraction of sp³-hybridized carbons (Fsp3) is 0.278. The summed E-state index contributed by atoms with van der Waals surface area (Å²) in [6.07, 6.45) is 8.03. The van der Waals surface area contributed by atoms with E-state index in [0.29, 0.717) is 30.1 Å². The number of carbonyl (C=O) groups excluding carboxylic acids is 1. The number of aromatic amines is 2. The van der Waals surface area contributed by atoms with Gasteiger partial charge in [0.2, 0.25) is 5.91 Å². The highest BCUT2D eigenvalue weighted by atomic mass is 19.1. The molecule has 3 N–H and O–H groups in total. The summed E-state index contributed by atoms with van der Waals surface area (Å²) >= 11 is 0. The Morgan fingerprint density at radius 1 is 1.00 bits per heavy atom. The minimum atomic E-state index is -0.336. The first-order chi connectivity index (χ1) is 22.4. The summed E-state index contributed by atoms with van der Waals surface area (Å²) in [7, 11) is 0. The molecule has 0 spiro atoms. The van der Waals surface area contributed by atoms with Crippen molar-refractivity contribution in [2.75, 3.05) is 31.6 Å². The van der Waals surface area contributed by atoms with Crippen LogP contribution in [0.1, 0.15) is 33.1 Å². The standard InChI is InChI=1S/C36H36FN7O2/c1-22(2)12-34(45)40-27-14-24(19-38-21-27)25-16-31-35(42-43-36(31)39-20-25)33-18-30-29(6-5-7-32(30)41-33)23-13-26(37)17-28(15-23)46-11-10-44-8-3-4-9-44/h5-7,13-22,41H,3-4,8-12H2,1-2H3,(H,40,45)(H,39,42,43). The molecular formula is C36H36FN7O2. The minimum Gasteiger partial charge on any atom is -0.492 e. The molecular weight excluding hydrogens is 581 g/mol. The van der Waals surface area contributed by atoms with Crippen molar-refractivity contribution in [3.63, 3.8) is 0 Å². The number of nitrogens with one attached hydrogen (secondary N) is 3. The van der Waals surface area contributed by atoms with Gasteiger partial charge in [0, 0.05) is 58.8 Å². The lowest BCUT2D eigenvalue weighted by molar-refractivity contribution is -0.116. The summed E-state index contributed by atoms with van der Waals surface area (Å²) in [5.41, 5.74) is 7.05. The fourth-order valence-corrected chi connectivity index (χ4v) is 6.15. The first-order valence-corrected chi connectivity index (χ1v) is 15.8. The lowest BCUT2D eigenvalue weighted by Gasteiger charge is -2.15. The van der Waals surface area contributed by atoms with Crippen molar-refractivity contribution >= 4 is 33.5 Å². The topological polar surface area (TPSA) is 112 Å². The molecule has 0 bridgehead atoms. The zero-order valence-corrected chi connectivity index (χ0v) is 25.9. The van der Waals surface area contributed by atoms with E-state index in [2.05, 4.69) is 41.4 Å². The average Bonchev–Trinajstić information content (AvgIpc) is 3.80. The molecule has 1 aliphatic heterocycles. The number of carbonyl (C=O) groups is 1. The van der Waals surface area contributed by atoms with E-state index in [1.165, 1.54) is 18.9 Å². The second-order valence-electron chi connectivity index (χ2n) is 12.3. The molecule has 1 saturated heterocycles. The van der Waals surface area contributed by atoms with E-state index >= 15 is 0 Å². The molecule has 0 radical (unpaired) electrons. The van der Waals surface area contributed by atoms with Crippen LogP contribution in [0.15, 0.2) is 73.2 Å². The number of benzene rings is 2. The highest BCUT2D eigenvalue weighted by molar-refractivity contribution is 6.01. The van der Waals surface area contributed by atoms with Gasteiger partial charge in [-0.05, 0) is 79.4 Å². The van der Waals surface area contributed by atoms with E-state index in [0.717, 1.165) is 69.6 Å². The Morgan fingerprint density at radius 3 is 2.70 bits per heavy atom. The second-order valence-corrected chi connectivity index (χ2v) is 12.3. The van der Waals surface area contributed by atoms with Gasteiger partial charge in [0.05, 0.1) is 23.3 Å². The number of aromatic nitrogens is 5. The molecule has 46 heavy (non-hydrogen) atoms. The van der Waals surface area contributed by atoms with Crippen LogP contribution in [-0.2, 0) is 4.79 Å². The Morgan fingerprint density at radius 2 is 1.85 bits per heavy atom. The van der Waals surface area contributed by atoms with Gasteiger partial charge in [-0.15, -0.1) is 0 Å². The Kier molecular flexibility index (Phi) is 8.19. The molecule has 9 nitrogen and oxygen atoms in total. The summed E-state index contributed by atoms with van der Waals surface area (Å²) in [6, 6.07) is 16.8. The molecule has 0 aliphatic carbocycles. The van der Waals surface area contributed by atoms with E-state index in [-0.39, 0.29) is 17.6 Å². The zero-order chi connectivity index (χ0) is 31.6. The minimum absolute atomic E-state index is 0.0441. The van der Waals surface area contributed by atoms with Gasteiger partial charge in [0.15, 0.2) is 5.65 Å². The monoisotopic (exact) mass is 617 g/mol. The molecule has 0 unspecified atom stereocenters. The number of likely N-dealkylation sites (tertiary alicyclic amines) is 1. The summed E-state index contributed by atoms with van der Waals surface area (Å²) in [6.45, 7) is 7.58. The van der Waals surface area contributed by atoms with Crippen molar-refractivity contribution in [3.05, 3.63) is 79.0 Å². The fourth-order valence-electron chi connectivity index (χ4n) is 6.15. The number of H-pyrrole nitrogens is 2. The summed E-state index contributed by atoms with van der Waals surface area (Å²) in [5.74, 6) is 0.408. The van der Waals surface area contributed by atoms with Gasteiger partial charge >= 0.3 is 0 Å². The molecule has 1 aliphatic rings. The maximum Gasteiger partial charge on any atom is 0.224 e. The first kappa shape index (κ1) is 29.6. The van der Waals surface area contributed by atoms with Crippen LogP contribution in [0.25, 0.3) is 55.6 Å². The van der Waals surface area contributed by atoms with Gasteiger partial charge in [-0.25, -0.2) is 9.37 Å². The van der Waals surface area contributed by atoms with E-state index in [1.807, 2.05) is 50.2 Å². The Balaban J connectivity index is 1.18. The predicted molar refractivity (Wildman–Crippen MR) is 179 cm³/mol. The molecule has 1 amide bonds. The number of hydrogen-bond donors (Lipinski definition) is 3. The van der Waals surface area contributed by atoms with Crippen LogP contribution in [0.3, 0.4) is 0 Å². The van der Waals surface area contributed by atoms with E-state index < -0.39 is 0 Å². The van der Waals surface area contributed by atoms with Crippen molar-refractivity contribution in [1.29, 1.82) is 0 Å². The zero-order valence-electron chi connectivity index (χ0n) is 25.9. The number of anilines is 1. The lowest BCUT2D eigenvalue weighted by Crippen LogP contribution is -2.25. The number of ether oxygens (including phenoxy) is 1. The molecule has 7 rings (SSSR count). The van der Waals surface area contributed by atoms with Gasteiger partial charge in [-0.1, -0.05) is 26.0 Å².